The number of carboxylic acids is 1. The van der Waals surface area contributed by atoms with Crippen molar-refractivity contribution in [2.24, 2.45) is 0 Å². The maximum absolute atomic E-state index is 10.5. The fourth-order valence-corrected chi connectivity index (χ4v) is 1.96. The predicted octanol–water partition coefficient (Wildman–Crippen LogP) is 1.76. The van der Waals surface area contributed by atoms with Crippen molar-refractivity contribution in [1.29, 1.82) is 0 Å². The van der Waals surface area contributed by atoms with Crippen LogP contribution in [0.5, 0.6) is 0 Å². The van der Waals surface area contributed by atoms with E-state index >= 15 is 0 Å². The van der Waals surface area contributed by atoms with Gasteiger partial charge in [0.2, 0.25) is 0 Å². The van der Waals surface area contributed by atoms with Crippen molar-refractivity contribution in [3.63, 3.8) is 0 Å². The molecule has 4 heteroatoms. The van der Waals surface area contributed by atoms with E-state index in [9.17, 15) is 4.79 Å². The third-order valence-corrected chi connectivity index (χ3v) is 2.50. The lowest BCUT2D eigenvalue weighted by Gasteiger charge is -2.26. The van der Waals surface area contributed by atoms with Crippen LogP contribution in [0.15, 0.2) is 0 Å². The molecule has 0 aromatic heterocycles. The average Bonchev–Trinajstić information content (AvgIpc) is 2.33. The molecule has 0 bridgehead atoms. The molecule has 1 N–H and O–H groups in total. The first-order chi connectivity index (χ1) is 5.61. The number of carboxylic acid groups (broad SMARTS) is 1. The van der Waals surface area contributed by atoms with Crippen LogP contribution in [0.1, 0.15) is 33.1 Å². The number of halogens is 1. The Hall–Kier alpha value is -0.280. The third kappa shape index (κ3) is 3.53. The van der Waals surface area contributed by atoms with Crippen LogP contribution in [0.2, 0.25) is 0 Å². The van der Waals surface area contributed by atoms with Gasteiger partial charge in [-0.15, -0.1) is 12.4 Å². The predicted molar refractivity (Wildman–Crippen MR) is 54.4 cm³/mol. The molecular formula is C9H18ClNO2. The molecule has 0 aromatic carbocycles. The second kappa shape index (κ2) is 5.45. The van der Waals surface area contributed by atoms with E-state index in [1.54, 1.807) is 0 Å². The molecule has 1 rings (SSSR count). The Bertz CT molecular complexity index is 173. The summed E-state index contributed by atoms with van der Waals surface area (Å²) >= 11 is 0. The van der Waals surface area contributed by atoms with Crippen LogP contribution in [-0.4, -0.2) is 34.6 Å². The lowest BCUT2D eigenvalue weighted by atomic mass is 10.1. The molecule has 13 heavy (non-hydrogen) atoms. The van der Waals surface area contributed by atoms with Gasteiger partial charge in [0.05, 0.1) is 6.42 Å². The van der Waals surface area contributed by atoms with Gasteiger partial charge in [-0.25, -0.2) is 0 Å². The van der Waals surface area contributed by atoms with E-state index < -0.39 is 5.97 Å². The number of carbonyl (C=O) groups is 1. The summed E-state index contributed by atoms with van der Waals surface area (Å²) in [4.78, 5) is 12.8. The second-order valence-electron chi connectivity index (χ2n) is 3.73. The van der Waals surface area contributed by atoms with Gasteiger partial charge in [0.15, 0.2) is 0 Å². The summed E-state index contributed by atoms with van der Waals surface area (Å²) in [6.07, 6.45) is 2.50. The van der Waals surface area contributed by atoms with E-state index in [0.29, 0.717) is 12.5 Å². The summed E-state index contributed by atoms with van der Waals surface area (Å²) in [5.41, 5.74) is 0. The maximum atomic E-state index is 10.5. The first-order valence-corrected chi connectivity index (χ1v) is 4.59. The molecule has 1 heterocycles. The third-order valence-electron chi connectivity index (χ3n) is 2.50. The maximum Gasteiger partial charge on any atom is 0.304 e. The summed E-state index contributed by atoms with van der Waals surface area (Å²) in [5.74, 6) is -0.674. The molecule has 1 atom stereocenters. The lowest BCUT2D eigenvalue weighted by Crippen LogP contribution is -2.36. The molecular weight excluding hydrogens is 190 g/mol. The normalized spacial score (nSPS) is 23.2. The van der Waals surface area contributed by atoms with E-state index in [-0.39, 0.29) is 18.4 Å². The van der Waals surface area contributed by atoms with Gasteiger partial charge in [0, 0.05) is 12.1 Å². The van der Waals surface area contributed by atoms with Crippen molar-refractivity contribution in [2.75, 3.05) is 6.54 Å². The smallest absolute Gasteiger partial charge is 0.304 e. The van der Waals surface area contributed by atoms with Crippen molar-refractivity contribution < 1.29 is 9.90 Å². The van der Waals surface area contributed by atoms with Gasteiger partial charge >= 0.3 is 5.97 Å². The van der Waals surface area contributed by atoms with E-state index in [4.69, 9.17) is 5.11 Å². The Kier molecular flexibility index (Phi) is 5.33. The Balaban J connectivity index is 0.00000144. The van der Waals surface area contributed by atoms with E-state index in [1.807, 2.05) is 0 Å². The van der Waals surface area contributed by atoms with Crippen LogP contribution < -0.4 is 0 Å². The van der Waals surface area contributed by atoms with Crippen LogP contribution in [-0.2, 0) is 4.79 Å². The summed E-state index contributed by atoms with van der Waals surface area (Å²) < 4.78 is 0. The average molecular weight is 208 g/mol. The van der Waals surface area contributed by atoms with Crippen molar-refractivity contribution >= 4 is 18.4 Å². The van der Waals surface area contributed by atoms with Gasteiger partial charge in [0.1, 0.15) is 0 Å². The van der Waals surface area contributed by atoms with Gasteiger partial charge in [-0.3, -0.25) is 9.69 Å². The summed E-state index contributed by atoms with van der Waals surface area (Å²) in [5, 5.41) is 8.65. The second-order valence-corrected chi connectivity index (χ2v) is 3.73. The van der Waals surface area contributed by atoms with Crippen molar-refractivity contribution in [2.45, 2.75) is 45.2 Å². The molecule has 0 saturated carbocycles. The summed E-state index contributed by atoms with van der Waals surface area (Å²) in [6.45, 7) is 5.32. The topological polar surface area (TPSA) is 40.5 Å². The first kappa shape index (κ1) is 12.7. The molecule has 1 unspecified atom stereocenters. The lowest BCUT2D eigenvalue weighted by molar-refractivity contribution is -0.138. The van der Waals surface area contributed by atoms with Crippen LogP contribution in [0.4, 0.5) is 0 Å². The highest BCUT2D eigenvalue weighted by molar-refractivity contribution is 5.85. The molecule has 1 fully saturated rings. The number of nitrogens with zero attached hydrogens (tertiary/aromatic N) is 1. The highest BCUT2D eigenvalue weighted by atomic mass is 35.5. The molecule has 1 aliphatic heterocycles. The molecule has 1 aliphatic rings. The fourth-order valence-electron chi connectivity index (χ4n) is 1.96. The zero-order valence-electron chi connectivity index (χ0n) is 8.19. The Morgan fingerprint density at radius 1 is 1.62 bits per heavy atom. The summed E-state index contributed by atoms with van der Waals surface area (Å²) in [6, 6.07) is 0.763. The van der Waals surface area contributed by atoms with Gasteiger partial charge < -0.3 is 5.11 Å². The standard InChI is InChI=1S/C9H17NO2.ClH/c1-7(2)10-5-3-4-8(10)6-9(11)12;/h7-8H,3-6H2,1-2H3,(H,11,12);1H. The number of aliphatic carboxylic acids is 1. The van der Waals surface area contributed by atoms with Crippen molar-refractivity contribution in [3.05, 3.63) is 0 Å². The zero-order chi connectivity index (χ0) is 9.14. The van der Waals surface area contributed by atoms with Gasteiger partial charge in [-0.2, -0.15) is 0 Å². The number of likely N-dealkylation sites (tertiary alicyclic amines) is 1. The largest absolute Gasteiger partial charge is 0.481 e. The molecule has 1 saturated heterocycles. The fraction of sp³-hybridized carbons (Fsp3) is 0.889. The number of hydrogen-bond donors (Lipinski definition) is 1. The Morgan fingerprint density at radius 2 is 2.23 bits per heavy atom. The number of hydrogen-bond acceptors (Lipinski definition) is 2. The zero-order valence-corrected chi connectivity index (χ0v) is 9.01. The Morgan fingerprint density at radius 3 is 2.69 bits per heavy atom. The van der Waals surface area contributed by atoms with Crippen LogP contribution in [0, 0.1) is 0 Å². The SMILES string of the molecule is CC(C)N1CCCC1CC(=O)O.Cl. The minimum Gasteiger partial charge on any atom is -0.481 e. The molecule has 78 valence electrons. The van der Waals surface area contributed by atoms with Crippen LogP contribution in [0.25, 0.3) is 0 Å². The monoisotopic (exact) mass is 207 g/mol. The van der Waals surface area contributed by atoms with E-state index in [0.717, 1.165) is 19.4 Å². The number of rotatable bonds is 3. The molecule has 0 aliphatic carbocycles. The molecule has 0 radical (unpaired) electrons. The molecule has 0 spiro atoms. The molecule has 0 aromatic rings. The van der Waals surface area contributed by atoms with Gasteiger partial charge in [0.25, 0.3) is 0 Å². The summed E-state index contributed by atoms with van der Waals surface area (Å²) in [7, 11) is 0. The van der Waals surface area contributed by atoms with Crippen LogP contribution in [0.3, 0.4) is 0 Å². The highest BCUT2D eigenvalue weighted by Crippen LogP contribution is 2.22. The van der Waals surface area contributed by atoms with Gasteiger partial charge in [-0.1, -0.05) is 0 Å². The van der Waals surface area contributed by atoms with E-state index in [2.05, 4.69) is 18.7 Å². The molecule has 3 nitrogen and oxygen atoms in total. The minimum atomic E-state index is -0.674. The van der Waals surface area contributed by atoms with Gasteiger partial charge in [-0.05, 0) is 33.2 Å². The first-order valence-electron chi connectivity index (χ1n) is 4.59. The minimum absolute atomic E-state index is 0. The Labute approximate surface area is 85.5 Å². The highest BCUT2D eigenvalue weighted by Gasteiger charge is 2.27. The van der Waals surface area contributed by atoms with Crippen molar-refractivity contribution in [3.8, 4) is 0 Å². The van der Waals surface area contributed by atoms with Crippen molar-refractivity contribution in [1.82, 2.24) is 4.90 Å². The van der Waals surface area contributed by atoms with E-state index in [1.165, 1.54) is 0 Å². The quantitative estimate of drug-likeness (QED) is 0.767. The van der Waals surface area contributed by atoms with Crippen LogP contribution >= 0.6 is 12.4 Å². The molecule has 0 amide bonds.